The summed E-state index contributed by atoms with van der Waals surface area (Å²) in [5.74, 6) is -0.0603. The normalized spacial score (nSPS) is 21.3. The van der Waals surface area contributed by atoms with E-state index < -0.39 is 23.6 Å². The van der Waals surface area contributed by atoms with E-state index in [1.54, 1.807) is 41.4 Å². The molecule has 4 rings (SSSR count). The monoisotopic (exact) mass is 468 g/mol. The van der Waals surface area contributed by atoms with Gasteiger partial charge in [-0.3, -0.25) is 4.68 Å². The van der Waals surface area contributed by atoms with E-state index in [1.165, 1.54) is 6.20 Å². The van der Waals surface area contributed by atoms with Crippen LogP contribution < -0.4 is 4.90 Å². The number of ether oxygens (including phenoxy) is 1. The van der Waals surface area contributed by atoms with Crippen LogP contribution in [0.3, 0.4) is 0 Å². The molecule has 1 N–H and O–H groups in total. The highest BCUT2D eigenvalue weighted by Crippen LogP contribution is 2.34. The quantitative estimate of drug-likeness (QED) is 0.737. The van der Waals surface area contributed by atoms with E-state index in [1.807, 2.05) is 0 Å². The van der Waals surface area contributed by atoms with Crippen LogP contribution in [0, 0.1) is 0 Å². The first-order valence-corrected chi connectivity index (χ1v) is 10.8. The molecule has 0 radical (unpaired) electrons. The van der Waals surface area contributed by atoms with Gasteiger partial charge < -0.3 is 19.6 Å². The Morgan fingerprint density at radius 3 is 2.58 bits per heavy atom. The Labute approximate surface area is 189 Å². The lowest BCUT2D eigenvalue weighted by Gasteiger charge is -2.40. The van der Waals surface area contributed by atoms with Crippen molar-refractivity contribution in [2.75, 3.05) is 31.1 Å². The van der Waals surface area contributed by atoms with E-state index in [0.717, 1.165) is 6.07 Å². The predicted octanol–water partition coefficient (Wildman–Crippen LogP) is 3.11. The molecule has 2 aromatic heterocycles. The summed E-state index contributed by atoms with van der Waals surface area (Å²) in [5, 5.41) is 13.7. The lowest BCUT2D eigenvalue weighted by Crippen LogP contribution is -2.51. The molecule has 2 atom stereocenters. The standard InChI is InChI=1S/C21H27F3N6O3/c1-20(2,3)33-19(32)28-6-4-14(11-28)30-10-13(9-25-30)16-8-17(21(22,23)24)27-18(26-16)29-7-5-15(29)12-31/h8-10,14-15,31H,4-7,11-12H2,1-3H3/t14-,15-/m1/s1. The second-order valence-corrected chi connectivity index (χ2v) is 9.33. The summed E-state index contributed by atoms with van der Waals surface area (Å²) < 4.78 is 47.5. The largest absolute Gasteiger partial charge is 0.444 e. The molecule has 2 aliphatic rings. The Balaban J connectivity index is 1.55. The van der Waals surface area contributed by atoms with Crippen LogP contribution in [0.5, 0.6) is 0 Å². The molecule has 0 aromatic carbocycles. The maximum atomic E-state index is 13.5. The zero-order chi connectivity index (χ0) is 24.0. The molecule has 0 spiro atoms. The lowest BCUT2D eigenvalue weighted by atomic mass is 10.1. The number of amides is 1. The fourth-order valence-corrected chi connectivity index (χ4v) is 3.87. The molecule has 2 aliphatic heterocycles. The molecule has 180 valence electrons. The topological polar surface area (TPSA) is 96.6 Å². The molecule has 1 amide bonds. The van der Waals surface area contributed by atoms with Crippen molar-refractivity contribution >= 4 is 12.0 Å². The van der Waals surface area contributed by atoms with Gasteiger partial charge in [-0.15, -0.1) is 0 Å². The van der Waals surface area contributed by atoms with Gasteiger partial charge in [0, 0.05) is 31.4 Å². The number of alkyl halides is 3. The van der Waals surface area contributed by atoms with Crippen molar-refractivity contribution in [2.24, 2.45) is 0 Å². The Kier molecular flexibility index (Phi) is 5.97. The third-order valence-electron chi connectivity index (χ3n) is 5.70. The van der Waals surface area contributed by atoms with E-state index >= 15 is 0 Å². The number of carbonyl (C=O) groups excluding carboxylic acids is 1. The van der Waals surface area contributed by atoms with Crippen LogP contribution in [0.2, 0.25) is 0 Å². The van der Waals surface area contributed by atoms with Gasteiger partial charge in [0.2, 0.25) is 5.95 Å². The van der Waals surface area contributed by atoms with Crippen molar-refractivity contribution in [3.05, 3.63) is 24.2 Å². The molecule has 33 heavy (non-hydrogen) atoms. The Bertz CT molecular complexity index is 1020. The number of rotatable bonds is 4. The number of likely N-dealkylation sites (tertiary alicyclic amines) is 1. The van der Waals surface area contributed by atoms with Crippen molar-refractivity contribution in [3.8, 4) is 11.3 Å². The van der Waals surface area contributed by atoms with E-state index in [-0.39, 0.29) is 30.3 Å². The van der Waals surface area contributed by atoms with Gasteiger partial charge in [-0.2, -0.15) is 18.3 Å². The van der Waals surface area contributed by atoms with E-state index in [4.69, 9.17) is 4.74 Å². The van der Waals surface area contributed by atoms with Crippen molar-refractivity contribution in [1.29, 1.82) is 0 Å². The van der Waals surface area contributed by atoms with Crippen LogP contribution in [0.15, 0.2) is 18.5 Å². The van der Waals surface area contributed by atoms with Gasteiger partial charge in [0.05, 0.1) is 30.6 Å². The Hall–Kier alpha value is -2.89. The number of aliphatic hydroxyl groups excluding tert-OH is 1. The number of nitrogens with zero attached hydrogens (tertiary/aromatic N) is 6. The van der Waals surface area contributed by atoms with Gasteiger partial charge in [0.15, 0.2) is 5.69 Å². The second-order valence-electron chi connectivity index (χ2n) is 9.33. The fraction of sp³-hybridized carbons (Fsp3) is 0.619. The maximum Gasteiger partial charge on any atom is 0.433 e. The highest BCUT2D eigenvalue weighted by molar-refractivity contribution is 5.68. The molecule has 0 unspecified atom stereocenters. The van der Waals surface area contributed by atoms with Crippen molar-refractivity contribution in [3.63, 3.8) is 0 Å². The van der Waals surface area contributed by atoms with Crippen LogP contribution in [0.4, 0.5) is 23.9 Å². The number of aromatic nitrogens is 4. The molecule has 2 aromatic rings. The Morgan fingerprint density at radius 1 is 1.21 bits per heavy atom. The summed E-state index contributed by atoms with van der Waals surface area (Å²) in [6.45, 7) is 6.59. The first-order valence-electron chi connectivity index (χ1n) is 10.8. The van der Waals surface area contributed by atoms with E-state index in [2.05, 4.69) is 15.1 Å². The van der Waals surface area contributed by atoms with Crippen molar-refractivity contribution in [1.82, 2.24) is 24.6 Å². The minimum atomic E-state index is -4.64. The van der Waals surface area contributed by atoms with Crippen molar-refractivity contribution < 1.29 is 27.8 Å². The van der Waals surface area contributed by atoms with Gasteiger partial charge >= 0.3 is 12.3 Å². The molecule has 12 heteroatoms. The van der Waals surface area contributed by atoms with Gasteiger partial charge in [-0.25, -0.2) is 14.8 Å². The first kappa shape index (κ1) is 23.3. The number of hydrogen-bond donors (Lipinski definition) is 1. The summed E-state index contributed by atoms with van der Waals surface area (Å²) in [4.78, 5) is 23.5. The number of hydrogen-bond acceptors (Lipinski definition) is 7. The molecule has 2 saturated heterocycles. The number of carbonyl (C=O) groups is 1. The van der Waals surface area contributed by atoms with Crippen LogP contribution in [-0.4, -0.2) is 73.7 Å². The van der Waals surface area contributed by atoms with Crippen molar-refractivity contribution in [2.45, 2.75) is 57.5 Å². The fourth-order valence-electron chi connectivity index (χ4n) is 3.87. The molecule has 0 bridgehead atoms. The zero-order valence-electron chi connectivity index (χ0n) is 18.7. The highest BCUT2D eigenvalue weighted by atomic mass is 19.4. The third kappa shape index (κ3) is 5.05. The maximum absolute atomic E-state index is 13.5. The molecule has 0 aliphatic carbocycles. The molecular formula is C21H27F3N6O3. The van der Waals surface area contributed by atoms with Crippen LogP contribution in [0.25, 0.3) is 11.3 Å². The average Bonchev–Trinajstić information content (AvgIpc) is 3.35. The van der Waals surface area contributed by atoms with Crippen LogP contribution in [-0.2, 0) is 10.9 Å². The number of aliphatic hydroxyl groups is 1. The van der Waals surface area contributed by atoms with Gasteiger partial charge in [-0.05, 0) is 39.7 Å². The third-order valence-corrected chi connectivity index (χ3v) is 5.70. The lowest BCUT2D eigenvalue weighted by molar-refractivity contribution is -0.141. The molecule has 9 nitrogen and oxygen atoms in total. The summed E-state index contributed by atoms with van der Waals surface area (Å²) in [6.07, 6.45) is -0.631. The highest BCUT2D eigenvalue weighted by Gasteiger charge is 2.37. The van der Waals surface area contributed by atoms with Crippen LogP contribution in [0.1, 0.15) is 45.3 Å². The predicted molar refractivity (Wildman–Crippen MR) is 113 cm³/mol. The van der Waals surface area contributed by atoms with Crippen LogP contribution >= 0.6 is 0 Å². The summed E-state index contributed by atoms with van der Waals surface area (Å²) in [7, 11) is 0. The van der Waals surface area contributed by atoms with E-state index in [0.29, 0.717) is 38.0 Å². The molecule has 0 saturated carbocycles. The summed E-state index contributed by atoms with van der Waals surface area (Å²) >= 11 is 0. The molecule has 4 heterocycles. The second kappa shape index (κ2) is 8.47. The zero-order valence-corrected chi connectivity index (χ0v) is 18.7. The number of halogens is 3. The number of anilines is 1. The smallest absolute Gasteiger partial charge is 0.433 e. The van der Waals surface area contributed by atoms with Gasteiger partial charge in [0.25, 0.3) is 0 Å². The van der Waals surface area contributed by atoms with Gasteiger partial charge in [0.1, 0.15) is 5.60 Å². The van der Waals surface area contributed by atoms with Gasteiger partial charge in [-0.1, -0.05) is 0 Å². The minimum absolute atomic E-state index is 0.0603. The molecular weight excluding hydrogens is 441 g/mol. The Morgan fingerprint density at radius 2 is 1.97 bits per heavy atom. The molecule has 2 fully saturated rings. The average molecular weight is 468 g/mol. The first-order chi connectivity index (χ1) is 15.4. The van der Waals surface area contributed by atoms with E-state index in [9.17, 15) is 23.1 Å². The summed E-state index contributed by atoms with van der Waals surface area (Å²) in [6, 6.07) is 0.491. The summed E-state index contributed by atoms with van der Waals surface area (Å²) in [5.41, 5.74) is -1.12. The SMILES string of the molecule is CC(C)(C)OC(=O)N1CC[C@@H](n2cc(-c3cc(C(F)(F)F)nc(N4CC[C@@H]4CO)n3)cn2)C1. The minimum Gasteiger partial charge on any atom is -0.444 e.